The molecule has 0 aliphatic heterocycles. The highest BCUT2D eigenvalue weighted by Gasteiger charge is 2.22. The molecule has 102 valence electrons. The summed E-state index contributed by atoms with van der Waals surface area (Å²) in [4.78, 5) is 33.4. The molecule has 0 aliphatic rings. The van der Waals surface area contributed by atoms with E-state index in [1.807, 2.05) is 0 Å². The van der Waals surface area contributed by atoms with Gasteiger partial charge in [-0.05, 0) is 37.6 Å². The number of carbonyl (C=O) groups excluding carboxylic acids is 2. The normalized spacial score (nSPS) is 11.7. The average molecular weight is 329 g/mol. The van der Waals surface area contributed by atoms with Crippen LogP contribution in [0.2, 0.25) is 0 Å². The van der Waals surface area contributed by atoms with E-state index >= 15 is 0 Å². The van der Waals surface area contributed by atoms with Gasteiger partial charge in [-0.25, -0.2) is 9.59 Å². The van der Waals surface area contributed by atoms with Crippen molar-refractivity contribution in [1.29, 1.82) is 0 Å². The number of hydrogen-bond donors (Lipinski definition) is 1. The van der Waals surface area contributed by atoms with Gasteiger partial charge >= 0.3 is 11.9 Å². The van der Waals surface area contributed by atoms with Gasteiger partial charge in [-0.3, -0.25) is 4.79 Å². The monoisotopic (exact) mass is 328 g/mol. The third-order valence-corrected chi connectivity index (χ3v) is 3.56. The molecular weight excluding hydrogens is 316 g/mol. The quantitative estimate of drug-likeness (QED) is 0.663. The standard InChI is InChI=1S/C13H13BrO5/c1-3-19-13(18)9-5-4-8(12(16)17)6-10(9)11(14)7(2)15/h4-6,11H,3H2,1-2H3,(H,16,17). The van der Waals surface area contributed by atoms with Crippen LogP contribution in [-0.4, -0.2) is 29.4 Å². The molecule has 1 aromatic rings. The van der Waals surface area contributed by atoms with Gasteiger partial charge in [-0.15, -0.1) is 0 Å². The molecular formula is C13H13BrO5. The zero-order valence-electron chi connectivity index (χ0n) is 10.5. The lowest BCUT2D eigenvalue weighted by Crippen LogP contribution is -2.13. The van der Waals surface area contributed by atoms with E-state index in [9.17, 15) is 14.4 Å². The van der Waals surface area contributed by atoms with Crippen molar-refractivity contribution in [2.45, 2.75) is 18.7 Å². The number of esters is 1. The number of hydrogen-bond acceptors (Lipinski definition) is 4. The number of rotatable bonds is 5. The molecule has 0 aliphatic carbocycles. The maximum atomic E-state index is 11.8. The summed E-state index contributed by atoms with van der Waals surface area (Å²) in [6.45, 7) is 3.22. The van der Waals surface area contributed by atoms with Crippen molar-refractivity contribution in [2.75, 3.05) is 6.61 Å². The van der Waals surface area contributed by atoms with Crippen molar-refractivity contribution in [3.8, 4) is 0 Å². The summed E-state index contributed by atoms with van der Waals surface area (Å²) in [6, 6.07) is 3.96. The van der Waals surface area contributed by atoms with E-state index in [4.69, 9.17) is 9.84 Å². The molecule has 0 spiro atoms. The van der Waals surface area contributed by atoms with Crippen molar-refractivity contribution < 1.29 is 24.2 Å². The zero-order valence-corrected chi connectivity index (χ0v) is 12.1. The summed E-state index contributed by atoms with van der Waals surface area (Å²) < 4.78 is 4.88. The Kier molecular flexibility index (Phi) is 5.23. The average Bonchev–Trinajstić information content (AvgIpc) is 2.37. The van der Waals surface area contributed by atoms with Crippen LogP contribution in [0.15, 0.2) is 18.2 Å². The molecule has 1 atom stereocenters. The summed E-state index contributed by atoms with van der Waals surface area (Å²) in [6.07, 6.45) is 0. The largest absolute Gasteiger partial charge is 0.478 e. The van der Waals surface area contributed by atoms with E-state index in [0.717, 1.165) is 0 Å². The van der Waals surface area contributed by atoms with Crippen molar-refractivity contribution in [2.24, 2.45) is 0 Å². The van der Waals surface area contributed by atoms with Gasteiger partial charge in [0, 0.05) is 0 Å². The molecule has 1 unspecified atom stereocenters. The van der Waals surface area contributed by atoms with Gasteiger partial charge in [0.1, 0.15) is 5.78 Å². The molecule has 1 N–H and O–H groups in total. The molecule has 0 fully saturated rings. The van der Waals surface area contributed by atoms with E-state index in [1.165, 1.54) is 25.1 Å². The van der Waals surface area contributed by atoms with Crippen molar-refractivity contribution in [3.63, 3.8) is 0 Å². The van der Waals surface area contributed by atoms with Crippen LogP contribution >= 0.6 is 15.9 Å². The molecule has 1 aromatic carbocycles. The Labute approximate surface area is 118 Å². The number of Topliss-reactive ketones (excluding diaryl/α,β-unsaturated/α-hetero) is 1. The molecule has 0 saturated carbocycles. The maximum absolute atomic E-state index is 11.8. The van der Waals surface area contributed by atoms with Crippen LogP contribution in [0.25, 0.3) is 0 Å². The van der Waals surface area contributed by atoms with Crippen LogP contribution in [0.4, 0.5) is 0 Å². The van der Waals surface area contributed by atoms with Crippen molar-refractivity contribution in [1.82, 2.24) is 0 Å². The fraction of sp³-hybridized carbons (Fsp3) is 0.308. The Morgan fingerprint density at radius 1 is 1.37 bits per heavy atom. The second-order valence-corrected chi connectivity index (χ2v) is 4.72. The fourth-order valence-electron chi connectivity index (χ4n) is 1.52. The lowest BCUT2D eigenvalue weighted by Gasteiger charge is -2.13. The number of carboxylic acids is 1. The van der Waals surface area contributed by atoms with Gasteiger partial charge in [0.25, 0.3) is 0 Å². The Morgan fingerprint density at radius 3 is 2.47 bits per heavy atom. The first kappa shape index (κ1) is 15.4. The second-order valence-electron chi connectivity index (χ2n) is 3.80. The van der Waals surface area contributed by atoms with E-state index in [-0.39, 0.29) is 23.5 Å². The third kappa shape index (κ3) is 3.64. The van der Waals surface area contributed by atoms with Crippen LogP contribution in [0.5, 0.6) is 0 Å². The number of ketones is 1. The molecule has 19 heavy (non-hydrogen) atoms. The predicted octanol–water partition coefficient (Wildman–Crippen LogP) is 2.59. The summed E-state index contributed by atoms with van der Waals surface area (Å²) in [7, 11) is 0. The molecule has 0 bridgehead atoms. The van der Waals surface area contributed by atoms with Gasteiger partial charge in [0.2, 0.25) is 0 Å². The highest BCUT2D eigenvalue weighted by molar-refractivity contribution is 9.09. The van der Waals surface area contributed by atoms with E-state index in [0.29, 0.717) is 5.56 Å². The predicted molar refractivity (Wildman–Crippen MR) is 71.7 cm³/mol. The second kappa shape index (κ2) is 6.47. The van der Waals surface area contributed by atoms with Crippen LogP contribution in [0.3, 0.4) is 0 Å². The summed E-state index contributed by atoms with van der Waals surface area (Å²) in [5.74, 6) is -1.94. The molecule has 0 aromatic heterocycles. The summed E-state index contributed by atoms with van der Waals surface area (Å²) in [5, 5.41) is 8.95. The highest BCUT2D eigenvalue weighted by Crippen LogP contribution is 2.28. The molecule has 5 nitrogen and oxygen atoms in total. The van der Waals surface area contributed by atoms with Gasteiger partial charge in [-0.2, -0.15) is 0 Å². The van der Waals surface area contributed by atoms with E-state index < -0.39 is 16.8 Å². The molecule has 6 heteroatoms. The Balaban J connectivity index is 3.34. The van der Waals surface area contributed by atoms with Crippen LogP contribution in [-0.2, 0) is 9.53 Å². The summed E-state index contributed by atoms with van der Waals surface area (Å²) >= 11 is 3.15. The van der Waals surface area contributed by atoms with Gasteiger partial charge in [0.15, 0.2) is 0 Å². The van der Waals surface area contributed by atoms with Gasteiger partial charge in [-0.1, -0.05) is 15.9 Å². The van der Waals surface area contributed by atoms with Gasteiger partial charge in [0.05, 0.1) is 22.6 Å². The number of alkyl halides is 1. The van der Waals surface area contributed by atoms with Crippen LogP contribution in [0, 0.1) is 0 Å². The topological polar surface area (TPSA) is 80.7 Å². The van der Waals surface area contributed by atoms with Crippen LogP contribution < -0.4 is 0 Å². The molecule has 0 heterocycles. The summed E-state index contributed by atoms with van der Waals surface area (Å²) in [5.41, 5.74) is 0.489. The molecule has 0 amide bonds. The number of ether oxygens (including phenoxy) is 1. The Bertz CT molecular complexity index is 524. The zero-order chi connectivity index (χ0) is 14.6. The smallest absolute Gasteiger partial charge is 0.338 e. The Morgan fingerprint density at radius 2 is 2.00 bits per heavy atom. The molecule has 0 saturated heterocycles. The number of aromatic carboxylic acids is 1. The van der Waals surface area contributed by atoms with Crippen molar-refractivity contribution >= 4 is 33.7 Å². The first-order chi connectivity index (χ1) is 8.88. The molecule has 1 rings (SSSR count). The van der Waals surface area contributed by atoms with E-state index in [1.54, 1.807) is 6.92 Å². The minimum Gasteiger partial charge on any atom is -0.478 e. The maximum Gasteiger partial charge on any atom is 0.338 e. The molecule has 0 radical (unpaired) electrons. The van der Waals surface area contributed by atoms with Crippen molar-refractivity contribution in [3.05, 3.63) is 34.9 Å². The number of halogens is 1. The lowest BCUT2D eigenvalue weighted by atomic mass is 9.99. The number of benzene rings is 1. The number of carbonyl (C=O) groups is 3. The highest BCUT2D eigenvalue weighted by atomic mass is 79.9. The number of carboxylic acid groups (broad SMARTS) is 1. The minimum atomic E-state index is -1.13. The lowest BCUT2D eigenvalue weighted by molar-refractivity contribution is -0.116. The van der Waals surface area contributed by atoms with E-state index in [2.05, 4.69) is 15.9 Å². The van der Waals surface area contributed by atoms with Crippen LogP contribution in [0.1, 0.15) is 45.0 Å². The third-order valence-electron chi connectivity index (χ3n) is 2.42. The SMILES string of the molecule is CCOC(=O)c1ccc(C(=O)O)cc1C(Br)C(C)=O. The fourth-order valence-corrected chi connectivity index (χ4v) is 1.90. The first-order valence-electron chi connectivity index (χ1n) is 5.57. The minimum absolute atomic E-state index is 0.00810. The van der Waals surface area contributed by atoms with Gasteiger partial charge < -0.3 is 9.84 Å². The first-order valence-corrected chi connectivity index (χ1v) is 6.49. The Hall–Kier alpha value is -1.69.